The van der Waals surface area contributed by atoms with E-state index >= 15 is 0 Å². The van der Waals surface area contributed by atoms with Gasteiger partial charge in [0, 0.05) is 4.88 Å². The lowest BCUT2D eigenvalue weighted by atomic mass is 9.91. The number of thiophene rings is 1. The zero-order chi connectivity index (χ0) is 11.9. The molecule has 0 fully saturated rings. The summed E-state index contributed by atoms with van der Waals surface area (Å²) >= 11 is 1.67. The smallest absolute Gasteiger partial charge is 0.0985 e. The third kappa shape index (κ3) is 3.91. The summed E-state index contributed by atoms with van der Waals surface area (Å²) in [6, 6.07) is 4.08. The predicted octanol–water partition coefficient (Wildman–Crippen LogP) is 4.71. The number of rotatable bonds is 8. The number of hydrogen-bond acceptors (Lipinski definition) is 2. The number of unbranched alkanes of at least 4 members (excludes halogenated alkanes) is 4. The molecule has 1 N–H and O–H groups in total. The summed E-state index contributed by atoms with van der Waals surface area (Å²) in [6.45, 7) is 4.31. The second kappa shape index (κ2) is 7.08. The van der Waals surface area contributed by atoms with Crippen LogP contribution < -0.4 is 0 Å². The lowest BCUT2D eigenvalue weighted by Crippen LogP contribution is -2.23. The molecule has 16 heavy (non-hydrogen) atoms. The standard InChI is InChI=1S/C14H24OS/c1-3-5-6-7-8-11-14(15,4-2)13-10-9-12-16-13/h9-10,12,15H,3-8,11H2,1-2H3. The fraction of sp³-hybridized carbons (Fsp3) is 0.714. The van der Waals surface area contributed by atoms with Crippen LogP contribution in [0.4, 0.5) is 0 Å². The molecule has 0 radical (unpaired) electrons. The SMILES string of the molecule is CCCCCCCC(O)(CC)c1cccs1. The van der Waals surface area contributed by atoms with Gasteiger partial charge in [0.1, 0.15) is 0 Å². The largest absolute Gasteiger partial charge is 0.384 e. The summed E-state index contributed by atoms with van der Waals surface area (Å²) in [5.74, 6) is 0. The molecule has 1 nitrogen and oxygen atoms in total. The van der Waals surface area contributed by atoms with E-state index in [-0.39, 0.29) is 0 Å². The molecule has 1 aromatic heterocycles. The summed E-state index contributed by atoms with van der Waals surface area (Å²) in [7, 11) is 0. The van der Waals surface area contributed by atoms with Crippen LogP contribution in [0.3, 0.4) is 0 Å². The first-order valence-electron chi connectivity index (χ1n) is 6.49. The molecule has 2 heteroatoms. The molecule has 1 aromatic rings. The van der Waals surface area contributed by atoms with E-state index in [0.717, 1.165) is 24.1 Å². The second-order valence-corrected chi connectivity index (χ2v) is 5.47. The summed E-state index contributed by atoms with van der Waals surface area (Å²) in [4.78, 5) is 1.13. The van der Waals surface area contributed by atoms with Gasteiger partial charge in [-0.25, -0.2) is 0 Å². The Hall–Kier alpha value is -0.340. The minimum atomic E-state index is -0.569. The van der Waals surface area contributed by atoms with Crippen molar-refractivity contribution in [3.05, 3.63) is 22.4 Å². The summed E-state index contributed by atoms with van der Waals surface area (Å²) in [6.07, 6.45) is 8.03. The normalized spacial score (nSPS) is 14.9. The molecule has 0 spiro atoms. The van der Waals surface area contributed by atoms with Crippen molar-refractivity contribution < 1.29 is 5.11 Å². The van der Waals surface area contributed by atoms with Crippen LogP contribution >= 0.6 is 11.3 Å². The summed E-state index contributed by atoms with van der Waals surface area (Å²) in [5, 5.41) is 12.6. The average molecular weight is 240 g/mol. The first-order valence-corrected chi connectivity index (χ1v) is 7.37. The molecular formula is C14H24OS. The highest BCUT2D eigenvalue weighted by Gasteiger charge is 2.27. The molecule has 92 valence electrons. The molecule has 0 saturated carbocycles. The molecule has 1 atom stereocenters. The molecule has 0 aliphatic rings. The van der Waals surface area contributed by atoms with Crippen molar-refractivity contribution in [1.82, 2.24) is 0 Å². The van der Waals surface area contributed by atoms with Crippen LogP contribution in [0.5, 0.6) is 0 Å². The highest BCUT2D eigenvalue weighted by molar-refractivity contribution is 7.10. The van der Waals surface area contributed by atoms with Crippen molar-refractivity contribution in [3.63, 3.8) is 0 Å². The van der Waals surface area contributed by atoms with Gasteiger partial charge in [-0.15, -0.1) is 11.3 Å². The van der Waals surface area contributed by atoms with Gasteiger partial charge in [0.05, 0.1) is 5.60 Å². The van der Waals surface area contributed by atoms with Crippen molar-refractivity contribution in [2.45, 2.75) is 64.4 Å². The fourth-order valence-electron chi connectivity index (χ4n) is 2.04. The second-order valence-electron chi connectivity index (χ2n) is 4.53. The lowest BCUT2D eigenvalue weighted by molar-refractivity contribution is 0.0243. The van der Waals surface area contributed by atoms with Gasteiger partial charge in [-0.05, 0) is 24.3 Å². The van der Waals surface area contributed by atoms with E-state index in [2.05, 4.69) is 19.9 Å². The Morgan fingerprint density at radius 3 is 2.50 bits per heavy atom. The van der Waals surface area contributed by atoms with Crippen LogP contribution in [0, 0.1) is 0 Å². The monoisotopic (exact) mass is 240 g/mol. The maximum absolute atomic E-state index is 10.5. The highest BCUT2D eigenvalue weighted by atomic mass is 32.1. The molecular weight excluding hydrogens is 216 g/mol. The maximum Gasteiger partial charge on any atom is 0.0985 e. The van der Waals surface area contributed by atoms with Gasteiger partial charge < -0.3 is 5.11 Å². The molecule has 0 aliphatic carbocycles. The van der Waals surface area contributed by atoms with Crippen LogP contribution in [-0.2, 0) is 5.60 Å². The van der Waals surface area contributed by atoms with E-state index < -0.39 is 5.60 Å². The van der Waals surface area contributed by atoms with E-state index in [1.54, 1.807) is 11.3 Å². The van der Waals surface area contributed by atoms with E-state index in [1.165, 1.54) is 25.7 Å². The molecule has 0 aliphatic heterocycles. The zero-order valence-electron chi connectivity index (χ0n) is 10.5. The quantitative estimate of drug-likeness (QED) is 0.653. The first-order chi connectivity index (χ1) is 7.73. The Labute approximate surface area is 104 Å². The average Bonchev–Trinajstić information content (AvgIpc) is 2.82. The molecule has 1 unspecified atom stereocenters. The predicted molar refractivity (Wildman–Crippen MR) is 71.9 cm³/mol. The molecule has 1 heterocycles. The van der Waals surface area contributed by atoms with Crippen molar-refractivity contribution in [2.75, 3.05) is 0 Å². The van der Waals surface area contributed by atoms with Crippen LogP contribution in [0.2, 0.25) is 0 Å². The molecule has 0 aromatic carbocycles. The first kappa shape index (κ1) is 13.7. The van der Waals surface area contributed by atoms with Crippen molar-refractivity contribution in [2.24, 2.45) is 0 Å². The van der Waals surface area contributed by atoms with Gasteiger partial charge >= 0.3 is 0 Å². The molecule has 1 rings (SSSR count). The van der Waals surface area contributed by atoms with Crippen LogP contribution in [0.15, 0.2) is 17.5 Å². The van der Waals surface area contributed by atoms with Gasteiger partial charge in [-0.3, -0.25) is 0 Å². The topological polar surface area (TPSA) is 20.2 Å². The van der Waals surface area contributed by atoms with Crippen LogP contribution in [0.25, 0.3) is 0 Å². The maximum atomic E-state index is 10.5. The summed E-state index contributed by atoms with van der Waals surface area (Å²) in [5.41, 5.74) is -0.569. The Morgan fingerprint density at radius 1 is 1.19 bits per heavy atom. The fourth-order valence-corrected chi connectivity index (χ4v) is 2.97. The third-order valence-corrected chi connectivity index (χ3v) is 4.32. The van der Waals surface area contributed by atoms with Crippen LogP contribution in [-0.4, -0.2) is 5.11 Å². The zero-order valence-corrected chi connectivity index (χ0v) is 11.4. The Kier molecular flexibility index (Phi) is 6.07. The molecule has 0 amide bonds. The number of aliphatic hydroxyl groups is 1. The van der Waals surface area contributed by atoms with E-state index in [0.29, 0.717) is 0 Å². The van der Waals surface area contributed by atoms with Crippen LogP contribution in [0.1, 0.15) is 63.7 Å². The lowest BCUT2D eigenvalue weighted by Gasteiger charge is -2.25. The van der Waals surface area contributed by atoms with Gasteiger partial charge in [-0.2, -0.15) is 0 Å². The van der Waals surface area contributed by atoms with E-state index in [9.17, 15) is 5.11 Å². The Morgan fingerprint density at radius 2 is 1.94 bits per heavy atom. The van der Waals surface area contributed by atoms with Gasteiger partial charge in [-0.1, -0.05) is 52.0 Å². The Bertz CT molecular complexity index is 268. The van der Waals surface area contributed by atoms with Crippen molar-refractivity contribution in [3.8, 4) is 0 Å². The molecule has 0 saturated heterocycles. The van der Waals surface area contributed by atoms with Gasteiger partial charge in [0.15, 0.2) is 0 Å². The Balaban J connectivity index is 2.36. The van der Waals surface area contributed by atoms with Crippen molar-refractivity contribution >= 4 is 11.3 Å². The van der Waals surface area contributed by atoms with Gasteiger partial charge in [0.25, 0.3) is 0 Å². The third-order valence-electron chi connectivity index (χ3n) is 3.26. The number of hydrogen-bond donors (Lipinski definition) is 1. The van der Waals surface area contributed by atoms with E-state index in [1.807, 2.05) is 11.4 Å². The van der Waals surface area contributed by atoms with E-state index in [4.69, 9.17) is 0 Å². The minimum Gasteiger partial charge on any atom is -0.384 e. The summed E-state index contributed by atoms with van der Waals surface area (Å²) < 4.78 is 0. The van der Waals surface area contributed by atoms with Gasteiger partial charge in [0.2, 0.25) is 0 Å². The highest BCUT2D eigenvalue weighted by Crippen LogP contribution is 2.33. The van der Waals surface area contributed by atoms with Crippen molar-refractivity contribution in [1.29, 1.82) is 0 Å². The minimum absolute atomic E-state index is 0.569. The molecule has 0 bridgehead atoms.